The Kier molecular flexibility index (Phi) is 4.57. The predicted molar refractivity (Wildman–Crippen MR) is 90.9 cm³/mol. The molecule has 4 heterocycles. The summed E-state index contributed by atoms with van der Waals surface area (Å²) in [6.07, 6.45) is 8.84. The predicted octanol–water partition coefficient (Wildman–Crippen LogP) is 2.03. The van der Waals surface area contributed by atoms with E-state index in [1.54, 1.807) is 11.3 Å². The number of carbonyl (C=O) groups is 1. The number of hydrogen-bond acceptors (Lipinski definition) is 6. The fourth-order valence-corrected chi connectivity index (χ4v) is 4.39. The van der Waals surface area contributed by atoms with Crippen LogP contribution in [0, 0.1) is 0 Å². The lowest BCUT2D eigenvalue weighted by molar-refractivity contribution is 0.0605. The third-order valence-corrected chi connectivity index (χ3v) is 5.79. The number of amides is 1. The number of nitrogens with one attached hydrogen (secondary N) is 1. The number of nitrogens with zero attached hydrogens (tertiary/aromatic N) is 5. The summed E-state index contributed by atoms with van der Waals surface area (Å²) < 4.78 is 1.87. The van der Waals surface area contributed by atoms with Crippen LogP contribution in [0.1, 0.15) is 59.7 Å². The topological polar surface area (TPSA) is 75.9 Å². The van der Waals surface area contributed by atoms with Gasteiger partial charge >= 0.3 is 0 Å². The maximum atomic E-state index is 13.0. The maximum Gasteiger partial charge on any atom is 0.276 e. The Labute approximate surface area is 145 Å². The number of likely N-dealkylation sites (tertiary alicyclic amines) is 1. The van der Waals surface area contributed by atoms with Gasteiger partial charge < -0.3 is 10.2 Å². The van der Waals surface area contributed by atoms with Crippen molar-refractivity contribution < 1.29 is 4.79 Å². The number of piperidine rings is 2. The molecule has 1 unspecified atom stereocenters. The van der Waals surface area contributed by atoms with Crippen LogP contribution in [-0.2, 0) is 0 Å². The van der Waals surface area contributed by atoms with Crippen LogP contribution in [0.4, 0.5) is 0 Å². The Morgan fingerprint density at radius 1 is 1.25 bits per heavy atom. The first-order valence-electron chi connectivity index (χ1n) is 8.66. The van der Waals surface area contributed by atoms with E-state index in [1.807, 2.05) is 27.4 Å². The van der Waals surface area contributed by atoms with Gasteiger partial charge in [0.1, 0.15) is 5.01 Å². The van der Waals surface area contributed by atoms with Crippen molar-refractivity contribution in [2.75, 3.05) is 19.6 Å². The number of carbonyl (C=O) groups excluding carboxylic acids is 1. The summed E-state index contributed by atoms with van der Waals surface area (Å²) in [4.78, 5) is 19.3. The molecule has 1 amide bonds. The molecule has 4 rings (SSSR count). The monoisotopic (exact) mass is 346 g/mol. The van der Waals surface area contributed by atoms with Gasteiger partial charge in [-0.3, -0.25) is 4.79 Å². The van der Waals surface area contributed by atoms with Gasteiger partial charge in [-0.25, -0.2) is 9.67 Å². The highest BCUT2D eigenvalue weighted by molar-refractivity contribution is 7.09. The molecule has 1 N–H and O–H groups in total. The van der Waals surface area contributed by atoms with Crippen LogP contribution in [0.3, 0.4) is 0 Å². The standard InChI is InChI=1S/C16H22N6OS/c23-16(13-11-22(20-19-13)12-4-6-17-7-5-12)21-9-2-1-3-14(21)15-18-8-10-24-15/h8,10-12,14,17H,1-7,9H2. The van der Waals surface area contributed by atoms with E-state index < -0.39 is 0 Å². The van der Waals surface area contributed by atoms with Crippen LogP contribution in [0.15, 0.2) is 17.8 Å². The van der Waals surface area contributed by atoms with Crippen LogP contribution in [0.5, 0.6) is 0 Å². The first-order valence-corrected chi connectivity index (χ1v) is 9.54. The smallest absolute Gasteiger partial charge is 0.276 e. The van der Waals surface area contributed by atoms with Crippen molar-refractivity contribution in [2.45, 2.75) is 44.2 Å². The van der Waals surface area contributed by atoms with E-state index in [1.165, 1.54) is 0 Å². The summed E-state index contributed by atoms with van der Waals surface area (Å²) in [6.45, 7) is 2.75. The van der Waals surface area contributed by atoms with Crippen LogP contribution >= 0.6 is 11.3 Å². The van der Waals surface area contributed by atoms with Crippen LogP contribution in [0.25, 0.3) is 0 Å². The molecular formula is C16H22N6OS. The Hall–Kier alpha value is -1.80. The first-order chi connectivity index (χ1) is 11.8. The summed E-state index contributed by atoms with van der Waals surface area (Å²) >= 11 is 1.62. The molecule has 0 spiro atoms. The fourth-order valence-electron chi connectivity index (χ4n) is 3.60. The third kappa shape index (κ3) is 3.08. The van der Waals surface area contributed by atoms with E-state index in [-0.39, 0.29) is 11.9 Å². The molecule has 0 aliphatic carbocycles. The average molecular weight is 346 g/mol. The number of rotatable bonds is 3. The lowest BCUT2D eigenvalue weighted by atomic mass is 10.0. The highest BCUT2D eigenvalue weighted by atomic mass is 32.1. The Bertz CT molecular complexity index is 679. The van der Waals surface area contributed by atoms with Crippen LogP contribution in [0.2, 0.25) is 0 Å². The minimum Gasteiger partial charge on any atom is -0.328 e. The van der Waals surface area contributed by atoms with E-state index >= 15 is 0 Å². The highest BCUT2D eigenvalue weighted by Gasteiger charge is 2.32. The summed E-state index contributed by atoms with van der Waals surface area (Å²) in [6, 6.07) is 0.423. The van der Waals surface area contributed by atoms with Crippen molar-refractivity contribution in [1.82, 2.24) is 30.2 Å². The van der Waals surface area contributed by atoms with Crippen molar-refractivity contribution in [3.63, 3.8) is 0 Å². The number of thiazole rings is 1. The summed E-state index contributed by atoms with van der Waals surface area (Å²) in [7, 11) is 0. The zero-order valence-corrected chi connectivity index (χ0v) is 14.4. The fraction of sp³-hybridized carbons (Fsp3) is 0.625. The maximum absolute atomic E-state index is 13.0. The van der Waals surface area contributed by atoms with Gasteiger partial charge in [-0.2, -0.15) is 0 Å². The quantitative estimate of drug-likeness (QED) is 0.920. The zero-order valence-electron chi connectivity index (χ0n) is 13.6. The third-order valence-electron chi connectivity index (χ3n) is 4.91. The van der Waals surface area contributed by atoms with Crippen molar-refractivity contribution in [3.8, 4) is 0 Å². The van der Waals surface area contributed by atoms with Crippen molar-refractivity contribution >= 4 is 17.2 Å². The lowest BCUT2D eigenvalue weighted by Crippen LogP contribution is -2.38. The first kappa shape index (κ1) is 15.7. The molecule has 2 aromatic rings. The van der Waals surface area contributed by atoms with Gasteiger partial charge in [0.25, 0.3) is 5.91 Å². The average Bonchev–Trinajstić information content (AvgIpc) is 3.34. The lowest BCUT2D eigenvalue weighted by Gasteiger charge is -2.33. The molecule has 0 aromatic carbocycles. The second kappa shape index (κ2) is 6.98. The molecule has 2 aliphatic rings. The molecule has 128 valence electrons. The van der Waals surface area contributed by atoms with E-state index in [4.69, 9.17) is 0 Å². The molecule has 7 nitrogen and oxygen atoms in total. The number of aromatic nitrogens is 4. The Morgan fingerprint density at radius 3 is 2.92 bits per heavy atom. The molecule has 0 radical (unpaired) electrons. The molecule has 2 aromatic heterocycles. The second-order valence-electron chi connectivity index (χ2n) is 6.45. The Morgan fingerprint density at radius 2 is 2.12 bits per heavy atom. The van der Waals surface area contributed by atoms with Gasteiger partial charge in [0.15, 0.2) is 5.69 Å². The van der Waals surface area contributed by atoms with Gasteiger partial charge in [-0.05, 0) is 45.2 Å². The second-order valence-corrected chi connectivity index (χ2v) is 7.37. The molecule has 2 aliphatic heterocycles. The van der Waals surface area contributed by atoms with Crippen LogP contribution < -0.4 is 5.32 Å². The van der Waals surface area contributed by atoms with Gasteiger partial charge in [-0.1, -0.05) is 5.21 Å². The van der Waals surface area contributed by atoms with Gasteiger partial charge in [0, 0.05) is 18.1 Å². The largest absolute Gasteiger partial charge is 0.328 e. The molecule has 0 bridgehead atoms. The van der Waals surface area contributed by atoms with Crippen molar-refractivity contribution in [2.24, 2.45) is 0 Å². The molecule has 1 atom stereocenters. The number of hydrogen-bond donors (Lipinski definition) is 1. The normalized spacial score (nSPS) is 22.7. The minimum atomic E-state index is -0.0184. The molecule has 8 heteroatoms. The van der Waals surface area contributed by atoms with E-state index in [0.717, 1.165) is 56.7 Å². The molecule has 2 fully saturated rings. The molecular weight excluding hydrogens is 324 g/mol. The minimum absolute atomic E-state index is 0.0184. The van der Waals surface area contributed by atoms with Gasteiger partial charge in [-0.15, -0.1) is 16.4 Å². The Balaban J connectivity index is 1.52. The van der Waals surface area contributed by atoms with Crippen molar-refractivity contribution in [3.05, 3.63) is 28.5 Å². The molecule has 24 heavy (non-hydrogen) atoms. The summed E-state index contributed by atoms with van der Waals surface area (Å²) in [5.74, 6) is -0.0184. The molecule has 0 saturated carbocycles. The highest BCUT2D eigenvalue weighted by Crippen LogP contribution is 2.33. The van der Waals surface area contributed by atoms with Gasteiger partial charge in [0.2, 0.25) is 0 Å². The summed E-state index contributed by atoms with van der Waals surface area (Å²) in [5, 5.41) is 14.7. The van der Waals surface area contributed by atoms with E-state index in [2.05, 4.69) is 20.6 Å². The van der Waals surface area contributed by atoms with Crippen LogP contribution in [-0.4, -0.2) is 50.4 Å². The zero-order chi connectivity index (χ0) is 16.4. The van der Waals surface area contributed by atoms with Gasteiger partial charge in [0.05, 0.1) is 18.3 Å². The SMILES string of the molecule is O=C(c1cn(C2CCNCC2)nn1)N1CCCCC1c1nccs1. The van der Waals surface area contributed by atoms with E-state index in [0.29, 0.717) is 11.7 Å². The molecule has 2 saturated heterocycles. The summed E-state index contributed by atoms with van der Waals surface area (Å²) in [5.41, 5.74) is 0.456. The van der Waals surface area contributed by atoms with Crippen molar-refractivity contribution in [1.29, 1.82) is 0 Å². The van der Waals surface area contributed by atoms with E-state index in [9.17, 15) is 4.79 Å².